The summed E-state index contributed by atoms with van der Waals surface area (Å²) in [5.74, 6) is -0.154. The van der Waals surface area contributed by atoms with Gasteiger partial charge in [0, 0.05) is 17.6 Å². The number of imide groups is 1. The highest BCUT2D eigenvalue weighted by Gasteiger charge is 2.12. The molecule has 1 heterocycles. The molecule has 0 fully saturated rings. The number of hydrogen-bond donors (Lipinski definition) is 2. The maximum Gasteiger partial charge on any atom is 0.321 e. The Hall–Kier alpha value is -2.06. The number of nitrogens with zero attached hydrogens (tertiary/aromatic N) is 2. The van der Waals surface area contributed by atoms with E-state index in [2.05, 4.69) is 20.8 Å². The van der Waals surface area contributed by atoms with Crippen LogP contribution in [0.2, 0.25) is 5.02 Å². The van der Waals surface area contributed by atoms with Crippen molar-refractivity contribution in [3.63, 3.8) is 0 Å². The van der Waals surface area contributed by atoms with Gasteiger partial charge in [0.25, 0.3) is 5.22 Å². The summed E-state index contributed by atoms with van der Waals surface area (Å²) < 4.78 is 5.41. The number of thioether (sulfide) groups is 1. The predicted molar refractivity (Wildman–Crippen MR) is 78.1 cm³/mol. The number of nitrogens with one attached hydrogen (secondary N) is 2. The molecular formula is C12H11ClN4O3S. The molecule has 0 saturated heterocycles. The van der Waals surface area contributed by atoms with Crippen LogP contribution in [0.4, 0.5) is 4.79 Å². The van der Waals surface area contributed by atoms with Gasteiger partial charge in [-0.25, -0.2) is 4.79 Å². The summed E-state index contributed by atoms with van der Waals surface area (Å²) in [5.41, 5.74) is 0.691. The SMILES string of the molecule is CNC(=O)NC(=O)CSc1nnc(-c2cccc(Cl)c2)o1. The summed E-state index contributed by atoms with van der Waals surface area (Å²) >= 11 is 6.92. The van der Waals surface area contributed by atoms with Gasteiger partial charge in [-0.05, 0) is 18.2 Å². The van der Waals surface area contributed by atoms with Crippen LogP contribution in [0.1, 0.15) is 0 Å². The maximum absolute atomic E-state index is 11.4. The van der Waals surface area contributed by atoms with Crippen molar-refractivity contribution < 1.29 is 14.0 Å². The van der Waals surface area contributed by atoms with Crippen molar-refractivity contribution in [2.24, 2.45) is 0 Å². The van der Waals surface area contributed by atoms with Crippen LogP contribution in [0, 0.1) is 0 Å². The second kappa shape index (κ2) is 7.09. The quantitative estimate of drug-likeness (QED) is 0.833. The van der Waals surface area contributed by atoms with E-state index in [0.717, 1.165) is 11.8 Å². The van der Waals surface area contributed by atoms with Gasteiger partial charge < -0.3 is 9.73 Å². The number of amides is 3. The molecule has 0 aliphatic heterocycles. The smallest absolute Gasteiger partial charge is 0.321 e. The van der Waals surface area contributed by atoms with E-state index in [1.165, 1.54) is 7.05 Å². The van der Waals surface area contributed by atoms with Crippen molar-refractivity contribution in [2.75, 3.05) is 12.8 Å². The molecule has 0 aliphatic carbocycles. The Kier molecular flexibility index (Phi) is 5.18. The van der Waals surface area contributed by atoms with Crippen LogP contribution in [0.25, 0.3) is 11.5 Å². The molecule has 21 heavy (non-hydrogen) atoms. The van der Waals surface area contributed by atoms with Gasteiger partial charge in [0.15, 0.2) is 0 Å². The van der Waals surface area contributed by atoms with E-state index >= 15 is 0 Å². The van der Waals surface area contributed by atoms with Crippen LogP contribution in [0.5, 0.6) is 0 Å². The molecule has 0 atom stereocenters. The summed E-state index contributed by atoms with van der Waals surface area (Å²) in [7, 11) is 1.42. The lowest BCUT2D eigenvalue weighted by Gasteiger charge is -2.00. The lowest BCUT2D eigenvalue weighted by molar-refractivity contribution is -0.117. The normalized spacial score (nSPS) is 10.2. The molecule has 110 valence electrons. The third-order valence-corrected chi connectivity index (χ3v) is 3.34. The molecule has 2 N–H and O–H groups in total. The van der Waals surface area contributed by atoms with Gasteiger partial charge in [-0.2, -0.15) is 0 Å². The van der Waals surface area contributed by atoms with Gasteiger partial charge in [-0.15, -0.1) is 10.2 Å². The van der Waals surface area contributed by atoms with E-state index in [1.807, 2.05) is 0 Å². The first-order chi connectivity index (χ1) is 10.1. The van der Waals surface area contributed by atoms with E-state index in [9.17, 15) is 9.59 Å². The molecule has 2 rings (SSSR count). The van der Waals surface area contributed by atoms with Crippen molar-refractivity contribution in [2.45, 2.75) is 5.22 Å². The highest BCUT2D eigenvalue weighted by atomic mass is 35.5. The second-order valence-corrected chi connectivity index (χ2v) is 5.16. The first-order valence-electron chi connectivity index (χ1n) is 5.82. The Bertz CT molecular complexity index is 661. The van der Waals surface area contributed by atoms with Crippen LogP contribution >= 0.6 is 23.4 Å². The first kappa shape index (κ1) is 15.3. The fourth-order valence-electron chi connectivity index (χ4n) is 1.36. The van der Waals surface area contributed by atoms with Crippen LogP contribution in [-0.4, -0.2) is 34.9 Å². The molecule has 2 aromatic rings. The van der Waals surface area contributed by atoms with E-state index in [4.69, 9.17) is 16.0 Å². The van der Waals surface area contributed by atoms with Crippen molar-refractivity contribution in [3.05, 3.63) is 29.3 Å². The molecule has 0 bridgehead atoms. The first-order valence-corrected chi connectivity index (χ1v) is 7.18. The maximum atomic E-state index is 11.4. The van der Waals surface area contributed by atoms with Crippen molar-refractivity contribution in [3.8, 4) is 11.5 Å². The van der Waals surface area contributed by atoms with Crippen LogP contribution < -0.4 is 10.6 Å². The van der Waals surface area contributed by atoms with Crippen LogP contribution in [-0.2, 0) is 4.79 Å². The van der Waals surface area contributed by atoms with Crippen molar-refractivity contribution in [1.29, 1.82) is 0 Å². The molecular weight excluding hydrogens is 316 g/mol. The predicted octanol–water partition coefficient (Wildman–Crippen LogP) is 1.94. The van der Waals surface area contributed by atoms with Crippen molar-refractivity contribution in [1.82, 2.24) is 20.8 Å². The number of urea groups is 1. The topological polar surface area (TPSA) is 97.1 Å². The largest absolute Gasteiger partial charge is 0.411 e. The number of rotatable bonds is 4. The Labute approximate surface area is 129 Å². The fraction of sp³-hybridized carbons (Fsp3) is 0.167. The summed E-state index contributed by atoms with van der Waals surface area (Å²) in [6, 6.07) is 6.42. The van der Waals surface area contributed by atoms with Crippen molar-refractivity contribution >= 4 is 35.3 Å². The standard InChI is InChI=1S/C12H11ClN4O3S/c1-14-11(19)15-9(18)6-21-12-17-16-10(20-12)7-3-2-4-8(13)5-7/h2-5H,6H2,1H3,(H2,14,15,18,19). The molecule has 9 heteroatoms. The van der Waals surface area contributed by atoms with Crippen LogP contribution in [0.3, 0.4) is 0 Å². The Morgan fingerprint density at radius 2 is 2.19 bits per heavy atom. The van der Waals surface area contributed by atoms with Gasteiger partial charge in [0.1, 0.15) is 0 Å². The molecule has 0 spiro atoms. The number of benzene rings is 1. The minimum atomic E-state index is -0.564. The minimum absolute atomic E-state index is 0.00933. The third-order valence-electron chi connectivity index (χ3n) is 2.28. The highest BCUT2D eigenvalue weighted by Crippen LogP contribution is 2.24. The molecule has 7 nitrogen and oxygen atoms in total. The highest BCUT2D eigenvalue weighted by molar-refractivity contribution is 7.99. The van der Waals surface area contributed by atoms with E-state index in [-0.39, 0.29) is 11.0 Å². The molecule has 0 aliphatic rings. The number of hydrogen-bond acceptors (Lipinski definition) is 6. The second-order valence-electron chi connectivity index (χ2n) is 3.80. The average Bonchev–Trinajstić information content (AvgIpc) is 2.94. The number of aromatic nitrogens is 2. The Morgan fingerprint density at radius 3 is 2.90 bits per heavy atom. The lowest BCUT2D eigenvalue weighted by atomic mass is 10.2. The molecule has 0 unspecified atom stereocenters. The number of halogens is 1. The van der Waals surface area contributed by atoms with Crippen LogP contribution in [0.15, 0.2) is 33.9 Å². The van der Waals surface area contributed by atoms with E-state index in [1.54, 1.807) is 24.3 Å². The van der Waals surface area contributed by atoms with Gasteiger partial charge in [-0.1, -0.05) is 29.4 Å². The summed E-state index contributed by atoms with van der Waals surface area (Å²) in [6.45, 7) is 0. The molecule has 0 saturated carbocycles. The zero-order chi connectivity index (χ0) is 15.2. The van der Waals surface area contributed by atoms with Gasteiger partial charge in [-0.3, -0.25) is 10.1 Å². The summed E-state index contributed by atoms with van der Waals surface area (Å²) in [4.78, 5) is 22.3. The molecule has 1 aromatic carbocycles. The minimum Gasteiger partial charge on any atom is -0.411 e. The van der Waals surface area contributed by atoms with E-state index < -0.39 is 11.9 Å². The fourth-order valence-corrected chi connectivity index (χ4v) is 2.11. The van der Waals surface area contributed by atoms with Gasteiger partial charge in [0.05, 0.1) is 5.75 Å². The average molecular weight is 327 g/mol. The molecule has 0 radical (unpaired) electrons. The Morgan fingerprint density at radius 1 is 1.38 bits per heavy atom. The summed E-state index contributed by atoms with van der Waals surface area (Å²) in [6.07, 6.45) is 0. The zero-order valence-corrected chi connectivity index (χ0v) is 12.5. The Balaban J connectivity index is 1.95. The van der Waals surface area contributed by atoms with Gasteiger partial charge >= 0.3 is 6.03 Å². The zero-order valence-electron chi connectivity index (χ0n) is 10.9. The number of carbonyl (C=O) groups excluding carboxylic acids is 2. The summed E-state index contributed by atoms with van der Waals surface area (Å²) in [5, 5.41) is 12.9. The lowest BCUT2D eigenvalue weighted by Crippen LogP contribution is -2.38. The molecule has 1 aromatic heterocycles. The third kappa shape index (κ3) is 4.47. The number of carbonyl (C=O) groups is 2. The molecule has 3 amide bonds. The monoisotopic (exact) mass is 326 g/mol. The van der Waals surface area contributed by atoms with E-state index in [0.29, 0.717) is 16.5 Å². The van der Waals surface area contributed by atoms with Gasteiger partial charge in [0.2, 0.25) is 11.8 Å².